The van der Waals surface area contributed by atoms with Gasteiger partial charge in [0.25, 0.3) is 5.91 Å². The number of amides is 1. The van der Waals surface area contributed by atoms with Crippen LogP contribution in [0.25, 0.3) is 0 Å². The number of hydrogen-bond acceptors (Lipinski definition) is 7. The summed E-state index contributed by atoms with van der Waals surface area (Å²) in [5, 5.41) is 2.72. The van der Waals surface area contributed by atoms with E-state index in [0.29, 0.717) is 17.1 Å². The van der Waals surface area contributed by atoms with Gasteiger partial charge in [0.1, 0.15) is 11.5 Å². The Balaban J connectivity index is 1.57. The van der Waals surface area contributed by atoms with E-state index >= 15 is 0 Å². The van der Waals surface area contributed by atoms with Crippen molar-refractivity contribution < 1.29 is 14.3 Å². The standard InChI is InChI=1S/C21H21N5O3/c1-26(12-9-15-7-10-22-11-8-15)19-14-23-18(13-24-19)20(27)25-17-5-3-16(4-6-17)21(28)29-2/h3-8,10-11,13-14H,9,12H2,1-2H3,(H,25,27). The molecule has 0 radical (unpaired) electrons. The number of nitrogens with one attached hydrogen (secondary N) is 1. The Morgan fingerprint density at radius 2 is 1.76 bits per heavy atom. The van der Waals surface area contributed by atoms with Crippen LogP contribution in [-0.2, 0) is 11.2 Å². The van der Waals surface area contributed by atoms with Crippen molar-refractivity contribution in [3.8, 4) is 0 Å². The van der Waals surface area contributed by atoms with Crippen LogP contribution in [0.4, 0.5) is 11.5 Å². The van der Waals surface area contributed by atoms with Crippen molar-refractivity contribution in [2.45, 2.75) is 6.42 Å². The molecule has 0 aliphatic carbocycles. The van der Waals surface area contributed by atoms with E-state index in [4.69, 9.17) is 0 Å². The number of rotatable bonds is 7. The highest BCUT2D eigenvalue weighted by Gasteiger charge is 2.11. The fourth-order valence-corrected chi connectivity index (χ4v) is 2.60. The Hall–Kier alpha value is -3.81. The molecule has 3 rings (SSSR count). The molecule has 0 spiro atoms. The third-order valence-corrected chi connectivity index (χ3v) is 4.31. The maximum atomic E-state index is 12.4. The van der Waals surface area contributed by atoms with Crippen molar-refractivity contribution in [2.75, 3.05) is 30.9 Å². The predicted octanol–water partition coefficient (Wildman–Crippen LogP) is 2.59. The average molecular weight is 391 g/mol. The first kappa shape index (κ1) is 19.9. The Kier molecular flexibility index (Phi) is 6.47. The topological polar surface area (TPSA) is 97.3 Å². The van der Waals surface area contributed by atoms with Crippen LogP contribution in [0, 0.1) is 0 Å². The molecule has 0 fully saturated rings. The summed E-state index contributed by atoms with van der Waals surface area (Å²) in [6.45, 7) is 0.761. The lowest BCUT2D eigenvalue weighted by atomic mass is 10.2. The van der Waals surface area contributed by atoms with Gasteiger partial charge < -0.3 is 15.0 Å². The highest BCUT2D eigenvalue weighted by molar-refractivity contribution is 6.03. The summed E-state index contributed by atoms with van der Waals surface area (Å²) in [6.07, 6.45) is 7.40. The molecule has 3 aromatic rings. The van der Waals surface area contributed by atoms with E-state index in [1.807, 2.05) is 24.1 Å². The van der Waals surface area contributed by atoms with Crippen LogP contribution in [0.3, 0.4) is 0 Å². The van der Waals surface area contributed by atoms with Crippen molar-refractivity contribution in [2.24, 2.45) is 0 Å². The zero-order chi connectivity index (χ0) is 20.6. The van der Waals surface area contributed by atoms with Crippen LogP contribution in [0.2, 0.25) is 0 Å². The van der Waals surface area contributed by atoms with Gasteiger partial charge in [-0.3, -0.25) is 9.78 Å². The molecular formula is C21H21N5O3. The Labute approximate surface area is 168 Å². The first-order valence-corrected chi connectivity index (χ1v) is 8.98. The number of methoxy groups -OCH3 is 1. The molecule has 0 bridgehead atoms. The first-order valence-electron chi connectivity index (χ1n) is 8.98. The first-order chi connectivity index (χ1) is 14.1. The number of aromatic nitrogens is 3. The highest BCUT2D eigenvalue weighted by atomic mass is 16.5. The zero-order valence-corrected chi connectivity index (χ0v) is 16.2. The Bertz CT molecular complexity index is 960. The van der Waals surface area contributed by atoms with Gasteiger partial charge >= 0.3 is 5.97 Å². The molecule has 8 heteroatoms. The molecule has 2 aromatic heterocycles. The predicted molar refractivity (Wildman–Crippen MR) is 109 cm³/mol. The largest absolute Gasteiger partial charge is 0.465 e. The molecule has 1 N–H and O–H groups in total. The van der Waals surface area contributed by atoms with E-state index in [9.17, 15) is 9.59 Å². The minimum absolute atomic E-state index is 0.202. The minimum atomic E-state index is -0.433. The second-order valence-corrected chi connectivity index (χ2v) is 6.31. The summed E-state index contributed by atoms with van der Waals surface area (Å²) < 4.78 is 4.65. The SMILES string of the molecule is COC(=O)c1ccc(NC(=O)c2cnc(N(C)CCc3ccncc3)cn2)cc1. The quantitative estimate of drug-likeness (QED) is 0.618. The lowest BCUT2D eigenvalue weighted by Gasteiger charge is -2.17. The number of ether oxygens (including phenoxy) is 1. The molecule has 29 heavy (non-hydrogen) atoms. The summed E-state index contributed by atoms with van der Waals surface area (Å²) in [4.78, 5) is 38.3. The van der Waals surface area contributed by atoms with Gasteiger partial charge in [-0.2, -0.15) is 0 Å². The zero-order valence-electron chi connectivity index (χ0n) is 16.2. The second kappa shape index (κ2) is 9.41. The number of benzene rings is 1. The number of pyridine rings is 1. The summed E-state index contributed by atoms with van der Waals surface area (Å²) >= 11 is 0. The van der Waals surface area contributed by atoms with E-state index in [0.717, 1.165) is 13.0 Å². The highest BCUT2D eigenvalue weighted by Crippen LogP contribution is 2.13. The van der Waals surface area contributed by atoms with Crippen LogP contribution < -0.4 is 10.2 Å². The Morgan fingerprint density at radius 3 is 2.38 bits per heavy atom. The van der Waals surface area contributed by atoms with Gasteiger partial charge in [0, 0.05) is 31.7 Å². The maximum absolute atomic E-state index is 12.4. The van der Waals surface area contributed by atoms with E-state index in [1.54, 1.807) is 42.9 Å². The van der Waals surface area contributed by atoms with Crippen molar-refractivity contribution in [3.63, 3.8) is 0 Å². The second-order valence-electron chi connectivity index (χ2n) is 6.31. The number of hydrogen-bond donors (Lipinski definition) is 1. The minimum Gasteiger partial charge on any atom is -0.465 e. The van der Waals surface area contributed by atoms with E-state index in [-0.39, 0.29) is 11.6 Å². The number of carbonyl (C=O) groups is 2. The van der Waals surface area contributed by atoms with Gasteiger partial charge in [0.05, 0.1) is 25.1 Å². The van der Waals surface area contributed by atoms with Gasteiger partial charge in [-0.05, 0) is 48.4 Å². The van der Waals surface area contributed by atoms with Gasteiger partial charge in [0.15, 0.2) is 0 Å². The summed E-state index contributed by atoms with van der Waals surface area (Å²) in [6, 6.07) is 10.4. The van der Waals surface area contributed by atoms with Crippen LogP contribution in [0.5, 0.6) is 0 Å². The molecule has 2 heterocycles. The molecule has 0 atom stereocenters. The monoisotopic (exact) mass is 391 g/mol. The fraction of sp³-hybridized carbons (Fsp3) is 0.190. The molecule has 0 aliphatic rings. The number of nitrogens with zero attached hydrogens (tertiary/aromatic N) is 4. The van der Waals surface area contributed by atoms with Crippen LogP contribution in [0.1, 0.15) is 26.4 Å². The van der Waals surface area contributed by atoms with E-state index < -0.39 is 5.97 Å². The van der Waals surface area contributed by atoms with Crippen LogP contribution >= 0.6 is 0 Å². The third kappa shape index (κ3) is 5.35. The maximum Gasteiger partial charge on any atom is 0.337 e. The lowest BCUT2D eigenvalue weighted by Crippen LogP contribution is -2.22. The van der Waals surface area contributed by atoms with Crippen molar-refractivity contribution in [3.05, 3.63) is 78.0 Å². The van der Waals surface area contributed by atoms with Gasteiger partial charge in [-0.1, -0.05) is 0 Å². The normalized spacial score (nSPS) is 10.3. The molecule has 8 nitrogen and oxygen atoms in total. The molecule has 1 amide bonds. The summed E-state index contributed by atoms with van der Waals surface area (Å²) in [5.74, 6) is -0.135. The van der Waals surface area contributed by atoms with Gasteiger partial charge in [-0.25, -0.2) is 14.8 Å². The lowest BCUT2D eigenvalue weighted by molar-refractivity contribution is 0.0600. The number of likely N-dealkylation sites (N-methyl/N-ethyl adjacent to an activating group) is 1. The Morgan fingerprint density at radius 1 is 1.03 bits per heavy atom. The van der Waals surface area contributed by atoms with Gasteiger partial charge in [-0.15, -0.1) is 0 Å². The van der Waals surface area contributed by atoms with E-state index in [2.05, 4.69) is 25.0 Å². The van der Waals surface area contributed by atoms with Crippen molar-refractivity contribution in [1.82, 2.24) is 15.0 Å². The fourth-order valence-electron chi connectivity index (χ4n) is 2.60. The molecule has 0 aliphatic heterocycles. The molecule has 0 saturated carbocycles. The molecule has 1 aromatic carbocycles. The van der Waals surface area contributed by atoms with E-state index in [1.165, 1.54) is 18.9 Å². The molecule has 0 saturated heterocycles. The van der Waals surface area contributed by atoms with Crippen molar-refractivity contribution in [1.29, 1.82) is 0 Å². The van der Waals surface area contributed by atoms with Crippen molar-refractivity contribution >= 4 is 23.4 Å². The summed E-state index contributed by atoms with van der Waals surface area (Å²) in [7, 11) is 3.24. The van der Waals surface area contributed by atoms with Gasteiger partial charge in [0.2, 0.25) is 0 Å². The number of esters is 1. The average Bonchev–Trinajstić information content (AvgIpc) is 2.78. The van der Waals surface area contributed by atoms with Crippen LogP contribution in [0.15, 0.2) is 61.2 Å². The molecule has 148 valence electrons. The summed E-state index contributed by atoms with van der Waals surface area (Å²) in [5.41, 5.74) is 2.34. The molecule has 0 unspecified atom stereocenters. The number of anilines is 2. The molecular weight excluding hydrogens is 370 g/mol. The third-order valence-electron chi connectivity index (χ3n) is 4.31. The number of carbonyl (C=O) groups excluding carboxylic acids is 2. The smallest absolute Gasteiger partial charge is 0.337 e. The van der Waals surface area contributed by atoms with Crippen LogP contribution in [-0.4, -0.2) is 47.5 Å².